The van der Waals surface area contributed by atoms with Gasteiger partial charge in [0.2, 0.25) is 5.91 Å². The second kappa shape index (κ2) is 8.31. The van der Waals surface area contributed by atoms with Crippen molar-refractivity contribution >= 4 is 24.0 Å². The van der Waals surface area contributed by atoms with Gasteiger partial charge in [0.1, 0.15) is 0 Å². The third kappa shape index (κ3) is 4.16. The number of carbonyl (C=O) groups is 1. The van der Waals surface area contributed by atoms with Gasteiger partial charge in [0.15, 0.2) is 0 Å². The number of hydrogen-bond donors (Lipinski definition) is 2. The van der Waals surface area contributed by atoms with E-state index in [0.717, 1.165) is 24.2 Å². The third-order valence-electron chi connectivity index (χ3n) is 4.81. The number of para-hydroxylation sites is 2. The maximum Gasteiger partial charge on any atom is 0.225 e. The number of amides is 1. The molecule has 2 aromatic rings. The van der Waals surface area contributed by atoms with Crippen LogP contribution in [0.25, 0.3) is 5.69 Å². The predicted octanol–water partition coefficient (Wildman–Crippen LogP) is 3.53. The second-order valence-corrected chi connectivity index (χ2v) is 6.46. The van der Waals surface area contributed by atoms with Gasteiger partial charge in [-0.1, -0.05) is 31.4 Å². The normalized spacial score (nSPS) is 16.2. The van der Waals surface area contributed by atoms with Crippen molar-refractivity contribution in [1.82, 2.24) is 9.78 Å². The van der Waals surface area contributed by atoms with Crippen molar-refractivity contribution in [3.8, 4) is 5.69 Å². The average Bonchev–Trinajstić information content (AvgIpc) is 3.10. The first kappa shape index (κ1) is 18.5. The molecule has 1 saturated carbocycles. The van der Waals surface area contributed by atoms with E-state index in [1.54, 1.807) is 10.9 Å². The Morgan fingerprint density at radius 2 is 1.96 bits per heavy atom. The molecule has 0 radical (unpaired) electrons. The molecule has 0 spiro atoms. The van der Waals surface area contributed by atoms with E-state index in [4.69, 9.17) is 5.73 Å². The number of carbonyl (C=O) groups excluding carboxylic acids is 1. The summed E-state index contributed by atoms with van der Waals surface area (Å²) >= 11 is 0. The summed E-state index contributed by atoms with van der Waals surface area (Å²) in [5.74, 6) is 0.0388. The van der Waals surface area contributed by atoms with Crippen LogP contribution in [0.15, 0.2) is 42.7 Å². The Hall–Kier alpha value is -1.85. The van der Waals surface area contributed by atoms with Gasteiger partial charge in [0.25, 0.3) is 0 Å². The number of nitrogens with one attached hydrogen (secondary N) is 1. The van der Waals surface area contributed by atoms with Crippen molar-refractivity contribution < 1.29 is 4.79 Å². The molecule has 6 heteroatoms. The van der Waals surface area contributed by atoms with Gasteiger partial charge < -0.3 is 11.1 Å². The van der Waals surface area contributed by atoms with E-state index in [-0.39, 0.29) is 23.7 Å². The lowest BCUT2D eigenvalue weighted by Crippen LogP contribution is -2.36. The largest absolute Gasteiger partial charge is 0.330 e. The number of nitrogens with zero attached hydrogens (tertiary/aromatic N) is 2. The Morgan fingerprint density at radius 1 is 1.21 bits per heavy atom. The van der Waals surface area contributed by atoms with Crippen molar-refractivity contribution in [2.75, 3.05) is 11.9 Å². The fourth-order valence-corrected chi connectivity index (χ4v) is 3.48. The van der Waals surface area contributed by atoms with Crippen molar-refractivity contribution in [3.63, 3.8) is 0 Å². The maximum atomic E-state index is 12.6. The van der Waals surface area contributed by atoms with Gasteiger partial charge >= 0.3 is 0 Å². The Morgan fingerprint density at radius 3 is 2.62 bits per heavy atom. The number of aromatic nitrogens is 2. The van der Waals surface area contributed by atoms with Gasteiger partial charge in [-0.05, 0) is 43.0 Å². The number of halogens is 1. The lowest BCUT2D eigenvalue weighted by molar-refractivity contribution is -0.118. The first-order valence-electron chi connectivity index (χ1n) is 8.31. The van der Waals surface area contributed by atoms with Gasteiger partial charge in [0.05, 0.1) is 11.4 Å². The quantitative estimate of drug-likeness (QED) is 0.868. The molecule has 1 amide bonds. The summed E-state index contributed by atoms with van der Waals surface area (Å²) < 4.78 is 1.76. The monoisotopic (exact) mass is 348 g/mol. The summed E-state index contributed by atoms with van der Waals surface area (Å²) in [7, 11) is 0. The molecular formula is C18H25ClN4O. The molecule has 0 unspecified atom stereocenters. The van der Waals surface area contributed by atoms with Crippen LogP contribution in [0.4, 0.5) is 5.69 Å². The Balaban J connectivity index is 0.00000208. The molecule has 24 heavy (non-hydrogen) atoms. The van der Waals surface area contributed by atoms with E-state index in [0.29, 0.717) is 13.0 Å². The van der Waals surface area contributed by atoms with Gasteiger partial charge in [-0.25, -0.2) is 4.68 Å². The van der Waals surface area contributed by atoms with Crippen LogP contribution in [0.1, 0.15) is 38.5 Å². The molecule has 3 rings (SSSR count). The molecule has 0 bridgehead atoms. The van der Waals surface area contributed by atoms with Gasteiger partial charge in [-0.2, -0.15) is 5.10 Å². The van der Waals surface area contributed by atoms with Crippen LogP contribution < -0.4 is 11.1 Å². The molecule has 0 aliphatic heterocycles. The summed E-state index contributed by atoms with van der Waals surface area (Å²) in [5.41, 5.74) is 7.62. The number of hydrogen-bond acceptors (Lipinski definition) is 3. The Labute approximate surface area is 149 Å². The summed E-state index contributed by atoms with van der Waals surface area (Å²) in [5, 5.41) is 7.30. The summed E-state index contributed by atoms with van der Waals surface area (Å²) in [6.45, 7) is 0.585. The smallest absolute Gasteiger partial charge is 0.225 e. The lowest BCUT2D eigenvalue weighted by Gasteiger charge is -2.35. The molecule has 1 aliphatic carbocycles. The van der Waals surface area contributed by atoms with Crippen LogP contribution in [0.3, 0.4) is 0 Å². The van der Waals surface area contributed by atoms with Crippen LogP contribution in [0.2, 0.25) is 0 Å². The van der Waals surface area contributed by atoms with Crippen LogP contribution in [-0.2, 0) is 4.79 Å². The molecule has 1 aromatic heterocycles. The zero-order valence-corrected chi connectivity index (χ0v) is 14.6. The first-order chi connectivity index (χ1) is 11.2. The molecule has 0 atom stereocenters. The minimum absolute atomic E-state index is 0. The van der Waals surface area contributed by atoms with Crippen molar-refractivity contribution in [2.45, 2.75) is 38.5 Å². The Kier molecular flexibility index (Phi) is 6.40. The standard InChI is InChI=1S/C18H24N4O.ClH/c19-14-18(9-4-1-5-10-18)13-17(23)21-15-7-2-3-8-16(15)22-12-6-11-20-22;/h2-3,6-8,11-12H,1,4-5,9-10,13-14,19H2,(H,21,23);1H. The highest BCUT2D eigenvalue weighted by atomic mass is 35.5. The Bertz CT molecular complexity index is 651. The van der Waals surface area contributed by atoms with E-state index in [2.05, 4.69) is 10.4 Å². The summed E-state index contributed by atoms with van der Waals surface area (Å²) in [6, 6.07) is 9.58. The molecule has 130 valence electrons. The highest BCUT2D eigenvalue weighted by Gasteiger charge is 2.33. The van der Waals surface area contributed by atoms with E-state index < -0.39 is 0 Å². The number of anilines is 1. The molecular weight excluding hydrogens is 324 g/mol. The van der Waals surface area contributed by atoms with Crippen LogP contribution >= 0.6 is 12.4 Å². The fraction of sp³-hybridized carbons (Fsp3) is 0.444. The van der Waals surface area contributed by atoms with Gasteiger partial charge in [-0.3, -0.25) is 4.79 Å². The molecule has 0 saturated heterocycles. The highest BCUT2D eigenvalue weighted by Crippen LogP contribution is 2.38. The summed E-state index contributed by atoms with van der Waals surface area (Å²) in [4.78, 5) is 12.6. The van der Waals surface area contributed by atoms with Crippen LogP contribution in [0.5, 0.6) is 0 Å². The first-order valence-corrected chi connectivity index (χ1v) is 8.31. The number of benzene rings is 1. The minimum atomic E-state index is -0.0248. The van der Waals surface area contributed by atoms with Gasteiger partial charge in [0, 0.05) is 18.8 Å². The molecule has 1 aliphatic rings. The zero-order valence-electron chi connectivity index (χ0n) is 13.8. The van der Waals surface area contributed by atoms with Crippen LogP contribution in [-0.4, -0.2) is 22.2 Å². The molecule has 3 N–H and O–H groups in total. The van der Waals surface area contributed by atoms with Gasteiger partial charge in [-0.15, -0.1) is 12.4 Å². The van der Waals surface area contributed by atoms with E-state index in [9.17, 15) is 4.79 Å². The maximum absolute atomic E-state index is 12.6. The molecule has 1 fully saturated rings. The second-order valence-electron chi connectivity index (χ2n) is 6.46. The third-order valence-corrected chi connectivity index (χ3v) is 4.81. The number of nitrogens with two attached hydrogens (primary N) is 1. The molecule has 5 nitrogen and oxygen atoms in total. The van der Waals surface area contributed by atoms with Crippen molar-refractivity contribution in [3.05, 3.63) is 42.7 Å². The lowest BCUT2D eigenvalue weighted by atomic mass is 9.71. The van der Waals surface area contributed by atoms with E-state index >= 15 is 0 Å². The molecule has 1 heterocycles. The minimum Gasteiger partial charge on any atom is -0.330 e. The van der Waals surface area contributed by atoms with Crippen molar-refractivity contribution in [1.29, 1.82) is 0 Å². The predicted molar refractivity (Wildman–Crippen MR) is 98.6 cm³/mol. The average molecular weight is 349 g/mol. The van der Waals surface area contributed by atoms with Crippen LogP contribution in [0, 0.1) is 5.41 Å². The molecule has 1 aromatic carbocycles. The van der Waals surface area contributed by atoms with Crippen molar-refractivity contribution in [2.24, 2.45) is 11.1 Å². The van der Waals surface area contributed by atoms with E-state index in [1.807, 2.05) is 36.5 Å². The highest BCUT2D eigenvalue weighted by molar-refractivity contribution is 5.93. The fourth-order valence-electron chi connectivity index (χ4n) is 3.48. The summed E-state index contributed by atoms with van der Waals surface area (Å²) in [6.07, 6.45) is 9.80. The SMILES string of the molecule is Cl.NCC1(CC(=O)Nc2ccccc2-n2cccn2)CCCCC1. The van der Waals surface area contributed by atoms with E-state index in [1.165, 1.54) is 19.3 Å². The topological polar surface area (TPSA) is 72.9 Å². The number of rotatable bonds is 5. The zero-order chi connectivity index (χ0) is 16.1.